The molecule has 21 heavy (non-hydrogen) atoms. The summed E-state index contributed by atoms with van der Waals surface area (Å²) in [4.78, 5) is 4.01. The maximum atomic E-state index is 9.29. The molecular formula is C16H13N5. The smallest absolute Gasteiger partial charge is 0.191 e. The first-order chi connectivity index (χ1) is 10.3. The number of pyridine rings is 1. The van der Waals surface area contributed by atoms with Gasteiger partial charge in [-0.1, -0.05) is 30.3 Å². The molecule has 5 nitrogen and oxygen atoms in total. The van der Waals surface area contributed by atoms with Crippen LogP contribution >= 0.6 is 0 Å². The minimum absolute atomic E-state index is 0.312. The zero-order valence-corrected chi connectivity index (χ0v) is 11.6. The number of aromatic nitrogens is 4. The van der Waals surface area contributed by atoms with Crippen molar-refractivity contribution in [3.8, 4) is 23.0 Å². The molecule has 0 saturated heterocycles. The van der Waals surface area contributed by atoms with Crippen molar-refractivity contribution in [2.24, 2.45) is 0 Å². The number of nitrogens with zero attached hydrogens (tertiary/aromatic N) is 5. The molecule has 0 radical (unpaired) electrons. The lowest BCUT2D eigenvalue weighted by atomic mass is 10.1. The topological polar surface area (TPSA) is 67.4 Å². The molecule has 3 aromatic rings. The molecule has 3 rings (SSSR count). The van der Waals surface area contributed by atoms with Gasteiger partial charge < -0.3 is 0 Å². The fourth-order valence-corrected chi connectivity index (χ4v) is 2.31. The van der Waals surface area contributed by atoms with Crippen LogP contribution in [0, 0.1) is 11.3 Å². The van der Waals surface area contributed by atoms with Crippen molar-refractivity contribution in [3.63, 3.8) is 0 Å². The zero-order chi connectivity index (χ0) is 14.7. The van der Waals surface area contributed by atoms with Gasteiger partial charge in [-0.2, -0.15) is 5.26 Å². The molecule has 0 N–H and O–H groups in total. The monoisotopic (exact) mass is 275 g/mol. The molecule has 0 aliphatic heterocycles. The fraction of sp³-hybridized carbons (Fsp3) is 0.125. The lowest BCUT2D eigenvalue weighted by Crippen LogP contribution is -2.03. The Bertz CT molecular complexity index is 799. The second-order valence-electron chi connectivity index (χ2n) is 4.53. The van der Waals surface area contributed by atoms with Crippen LogP contribution in [0.4, 0.5) is 0 Å². The molecule has 0 saturated carbocycles. The summed E-state index contributed by atoms with van der Waals surface area (Å²) < 4.78 is 1.73. The molecule has 0 spiro atoms. The quantitative estimate of drug-likeness (QED) is 0.737. The SMILES string of the molecule is CCc1ccccc1-n1nnc(C#N)c1-c1ccncc1. The van der Waals surface area contributed by atoms with E-state index in [1.807, 2.05) is 30.3 Å². The van der Waals surface area contributed by atoms with Gasteiger partial charge >= 0.3 is 0 Å². The van der Waals surface area contributed by atoms with Crippen LogP contribution in [0.5, 0.6) is 0 Å². The highest BCUT2D eigenvalue weighted by molar-refractivity contribution is 5.67. The molecule has 0 bridgehead atoms. The highest BCUT2D eigenvalue weighted by Crippen LogP contribution is 2.26. The third-order valence-corrected chi connectivity index (χ3v) is 3.33. The van der Waals surface area contributed by atoms with Gasteiger partial charge in [0.15, 0.2) is 5.69 Å². The summed E-state index contributed by atoms with van der Waals surface area (Å²) in [5.74, 6) is 0. The molecule has 0 amide bonds. The van der Waals surface area contributed by atoms with Gasteiger partial charge in [0, 0.05) is 18.0 Å². The summed E-state index contributed by atoms with van der Waals surface area (Å²) in [6.07, 6.45) is 4.27. The van der Waals surface area contributed by atoms with Crippen molar-refractivity contribution in [2.75, 3.05) is 0 Å². The van der Waals surface area contributed by atoms with E-state index in [0.717, 1.165) is 23.2 Å². The highest BCUT2D eigenvalue weighted by Gasteiger charge is 2.17. The van der Waals surface area contributed by atoms with Crippen molar-refractivity contribution in [2.45, 2.75) is 13.3 Å². The van der Waals surface area contributed by atoms with Gasteiger partial charge in [0.05, 0.1) is 5.69 Å². The summed E-state index contributed by atoms with van der Waals surface area (Å²) in [6, 6.07) is 13.8. The number of hydrogen-bond donors (Lipinski definition) is 0. The highest BCUT2D eigenvalue weighted by atomic mass is 15.4. The van der Waals surface area contributed by atoms with E-state index in [4.69, 9.17) is 0 Å². The Morgan fingerprint density at radius 1 is 1.14 bits per heavy atom. The van der Waals surface area contributed by atoms with Gasteiger partial charge in [0.2, 0.25) is 0 Å². The number of rotatable bonds is 3. The standard InChI is InChI=1S/C16H13N5/c1-2-12-5-3-4-6-15(12)21-16(14(11-17)19-20-21)13-7-9-18-10-8-13/h3-10H,2H2,1H3. The van der Waals surface area contributed by atoms with E-state index in [1.165, 1.54) is 0 Å². The third kappa shape index (κ3) is 2.28. The summed E-state index contributed by atoms with van der Waals surface area (Å²) in [5, 5.41) is 17.4. The molecule has 2 heterocycles. The molecular weight excluding hydrogens is 262 g/mol. The van der Waals surface area contributed by atoms with Crippen LogP contribution < -0.4 is 0 Å². The molecule has 0 aliphatic carbocycles. The fourth-order valence-electron chi connectivity index (χ4n) is 2.31. The average Bonchev–Trinajstić information content (AvgIpc) is 2.99. The lowest BCUT2D eigenvalue weighted by Gasteiger charge is -2.10. The Morgan fingerprint density at radius 3 is 2.62 bits per heavy atom. The zero-order valence-electron chi connectivity index (χ0n) is 11.6. The second kappa shape index (κ2) is 5.55. The van der Waals surface area contributed by atoms with E-state index >= 15 is 0 Å². The Kier molecular flexibility index (Phi) is 3.44. The lowest BCUT2D eigenvalue weighted by molar-refractivity contribution is 0.797. The van der Waals surface area contributed by atoms with Crippen molar-refractivity contribution in [3.05, 3.63) is 60.0 Å². The van der Waals surface area contributed by atoms with Crippen LogP contribution in [0.1, 0.15) is 18.2 Å². The van der Waals surface area contributed by atoms with E-state index < -0.39 is 0 Å². The first-order valence-corrected chi connectivity index (χ1v) is 6.69. The maximum absolute atomic E-state index is 9.29. The third-order valence-electron chi connectivity index (χ3n) is 3.33. The van der Waals surface area contributed by atoms with Crippen molar-refractivity contribution in [1.29, 1.82) is 5.26 Å². The van der Waals surface area contributed by atoms with Gasteiger partial charge in [-0.25, -0.2) is 4.68 Å². The molecule has 102 valence electrons. The number of aryl methyl sites for hydroxylation is 1. The molecule has 0 fully saturated rings. The summed E-state index contributed by atoms with van der Waals surface area (Å²) >= 11 is 0. The van der Waals surface area contributed by atoms with Crippen LogP contribution in [0.15, 0.2) is 48.8 Å². The van der Waals surface area contributed by atoms with Crippen molar-refractivity contribution in [1.82, 2.24) is 20.0 Å². The second-order valence-corrected chi connectivity index (χ2v) is 4.53. The summed E-state index contributed by atoms with van der Waals surface area (Å²) in [6.45, 7) is 2.09. The van der Waals surface area contributed by atoms with Crippen LogP contribution in [0.25, 0.3) is 16.9 Å². The molecule has 0 unspecified atom stereocenters. The number of para-hydroxylation sites is 1. The Balaban J connectivity index is 2.26. The predicted molar refractivity (Wildman–Crippen MR) is 78.7 cm³/mol. The van der Waals surface area contributed by atoms with Gasteiger partial charge in [0.25, 0.3) is 0 Å². The number of hydrogen-bond acceptors (Lipinski definition) is 4. The summed E-state index contributed by atoms with van der Waals surface area (Å²) in [7, 11) is 0. The Labute approximate surface area is 122 Å². The molecule has 2 aromatic heterocycles. The van der Waals surface area contributed by atoms with E-state index in [9.17, 15) is 5.26 Å². The largest absolute Gasteiger partial charge is 0.265 e. The van der Waals surface area contributed by atoms with Crippen molar-refractivity contribution < 1.29 is 0 Å². The molecule has 0 atom stereocenters. The Morgan fingerprint density at radius 2 is 1.90 bits per heavy atom. The number of benzene rings is 1. The molecule has 1 aromatic carbocycles. The molecule has 5 heteroatoms. The van der Waals surface area contributed by atoms with Crippen LogP contribution in [0.3, 0.4) is 0 Å². The number of nitriles is 1. The van der Waals surface area contributed by atoms with Crippen LogP contribution in [-0.4, -0.2) is 20.0 Å². The Hall–Kier alpha value is -3.00. The van der Waals surface area contributed by atoms with Gasteiger partial charge in [0.1, 0.15) is 11.8 Å². The molecule has 0 aliphatic rings. The van der Waals surface area contributed by atoms with E-state index in [0.29, 0.717) is 11.4 Å². The average molecular weight is 275 g/mol. The van der Waals surface area contributed by atoms with Gasteiger partial charge in [-0.3, -0.25) is 4.98 Å². The minimum Gasteiger partial charge on any atom is -0.265 e. The summed E-state index contributed by atoms with van der Waals surface area (Å²) in [5.41, 5.74) is 3.98. The van der Waals surface area contributed by atoms with E-state index in [-0.39, 0.29) is 0 Å². The predicted octanol–water partition coefficient (Wildman–Crippen LogP) is 2.76. The van der Waals surface area contributed by atoms with Crippen molar-refractivity contribution >= 4 is 0 Å². The maximum Gasteiger partial charge on any atom is 0.191 e. The van der Waals surface area contributed by atoms with E-state index in [2.05, 4.69) is 34.4 Å². The van der Waals surface area contributed by atoms with E-state index in [1.54, 1.807) is 17.1 Å². The normalized spacial score (nSPS) is 10.3. The van der Waals surface area contributed by atoms with Crippen LogP contribution in [0.2, 0.25) is 0 Å². The van der Waals surface area contributed by atoms with Crippen LogP contribution in [-0.2, 0) is 6.42 Å². The van der Waals surface area contributed by atoms with Gasteiger partial charge in [-0.05, 0) is 30.2 Å². The first kappa shape index (κ1) is 13.0. The first-order valence-electron chi connectivity index (χ1n) is 6.69. The van der Waals surface area contributed by atoms with Gasteiger partial charge in [-0.15, -0.1) is 5.10 Å². The minimum atomic E-state index is 0.312.